The van der Waals surface area contributed by atoms with E-state index in [1.165, 1.54) is 0 Å². The number of nitrogens with two attached hydrogens (primary N) is 2. The van der Waals surface area contributed by atoms with Crippen molar-refractivity contribution in [3.63, 3.8) is 0 Å². The van der Waals surface area contributed by atoms with Crippen molar-refractivity contribution in [3.8, 4) is 0 Å². The SMILES string of the molecule is [C-]1=CC=CC1.[CH2-]CCCN.[CH2-]CCCN.[Fe+3]. The molecule has 95 valence electrons. The first-order valence-electron chi connectivity index (χ1n) is 5.53. The molecule has 3 heteroatoms. The molecule has 0 saturated carbocycles. The van der Waals surface area contributed by atoms with Gasteiger partial charge in [0.1, 0.15) is 0 Å². The van der Waals surface area contributed by atoms with Gasteiger partial charge in [0, 0.05) is 0 Å². The third kappa shape index (κ3) is 29.2. The van der Waals surface area contributed by atoms with Crippen LogP contribution in [0, 0.1) is 19.9 Å². The molecule has 4 N–H and O–H groups in total. The van der Waals surface area contributed by atoms with Gasteiger partial charge in [0.2, 0.25) is 0 Å². The Labute approximate surface area is 112 Å². The molecule has 1 radical (unpaired) electrons. The van der Waals surface area contributed by atoms with Gasteiger partial charge in [0.25, 0.3) is 0 Å². The molecule has 0 saturated heterocycles. The molecule has 0 aliphatic heterocycles. The van der Waals surface area contributed by atoms with E-state index >= 15 is 0 Å². The van der Waals surface area contributed by atoms with Gasteiger partial charge in [-0.1, -0.05) is 12.8 Å². The van der Waals surface area contributed by atoms with Crippen molar-refractivity contribution in [2.24, 2.45) is 11.5 Å². The first-order chi connectivity index (χ1) is 7.33. The Morgan fingerprint density at radius 3 is 1.62 bits per heavy atom. The molecule has 0 aromatic carbocycles. The van der Waals surface area contributed by atoms with Crippen LogP contribution in [0.3, 0.4) is 0 Å². The maximum atomic E-state index is 5.10. The van der Waals surface area contributed by atoms with Crippen LogP contribution < -0.4 is 11.5 Å². The fraction of sp³-hybridized carbons (Fsp3) is 0.538. The van der Waals surface area contributed by atoms with Crippen LogP contribution in [0.15, 0.2) is 18.2 Å². The Balaban J connectivity index is -0.000000154. The molecule has 1 aliphatic rings. The van der Waals surface area contributed by atoms with Crippen LogP contribution in [0.25, 0.3) is 0 Å². The minimum absolute atomic E-state index is 0. The fourth-order valence-electron chi connectivity index (χ4n) is 0.629. The van der Waals surface area contributed by atoms with Gasteiger partial charge in [-0.2, -0.15) is 18.9 Å². The zero-order valence-corrected chi connectivity index (χ0v) is 11.2. The molecule has 1 aliphatic carbocycles. The van der Waals surface area contributed by atoms with Crippen LogP contribution in [0.1, 0.15) is 32.1 Å². The molecule has 0 aromatic rings. The van der Waals surface area contributed by atoms with Crippen LogP contribution in [0.2, 0.25) is 0 Å². The molecule has 16 heavy (non-hydrogen) atoms. The second-order valence-electron chi connectivity index (χ2n) is 2.99. The number of allylic oxidation sites excluding steroid dienone is 4. The minimum Gasteiger partial charge on any atom is -0.343 e. The zero-order chi connectivity index (χ0) is 11.8. The smallest absolute Gasteiger partial charge is 0.343 e. The van der Waals surface area contributed by atoms with Crippen LogP contribution >= 0.6 is 0 Å². The molecule has 0 atom stereocenters. The number of hydrogen-bond donors (Lipinski definition) is 2. The molecule has 0 spiro atoms. The predicted octanol–water partition coefficient (Wildman–Crippen LogP) is 2.42. The van der Waals surface area contributed by atoms with Gasteiger partial charge >= 0.3 is 17.1 Å². The summed E-state index contributed by atoms with van der Waals surface area (Å²) >= 11 is 0. The molecular formula is C13H25FeN2. The Morgan fingerprint density at radius 2 is 1.56 bits per heavy atom. The van der Waals surface area contributed by atoms with Gasteiger partial charge in [0.05, 0.1) is 0 Å². The van der Waals surface area contributed by atoms with Gasteiger partial charge in [-0.25, -0.2) is 12.2 Å². The largest absolute Gasteiger partial charge is 3.00 e. The van der Waals surface area contributed by atoms with Crippen molar-refractivity contribution < 1.29 is 17.1 Å². The standard InChI is InChI=1S/C5H5.2C4H10N.Fe/c1-2-4-5-3-1;2*1-2-3-4-5;/h1-3H,4H2;2*1-5H2;/q3*-1;+3. The second kappa shape index (κ2) is 24.2. The molecule has 0 bridgehead atoms. The van der Waals surface area contributed by atoms with Crippen molar-refractivity contribution >= 4 is 0 Å². The van der Waals surface area contributed by atoms with E-state index in [-0.39, 0.29) is 17.1 Å². The number of hydrogen-bond acceptors (Lipinski definition) is 2. The summed E-state index contributed by atoms with van der Waals surface area (Å²) in [6.07, 6.45) is 14.0. The summed E-state index contributed by atoms with van der Waals surface area (Å²) in [7, 11) is 0. The van der Waals surface area contributed by atoms with Crippen LogP contribution in [-0.2, 0) is 17.1 Å². The normalized spacial score (nSPS) is 10.8. The zero-order valence-electron chi connectivity index (χ0n) is 10.1. The maximum Gasteiger partial charge on any atom is 3.00 e. The van der Waals surface area contributed by atoms with Crippen molar-refractivity contribution in [1.82, 2.24) is 0 Å². The first-order valence-corrected chi connectivity index (χ1v) is 5.53. The molecule has 1 rings (SSSR count). The summed E-state index contributed by atoms with van der Waals surface area (Å²) in [6, 6.07) is 0. The van der Waals surface area contributed by atoms with Gasteiger partial charge < -0.3 is 25.3 Å². The van der Waals surface area contributed by atoms with E-state index < -0.39 is 0 Å². The summed E-state index contributed by atoms with van der Waals surface area (Å²) in [6.45, 7) is 8.75. The Hall–Kier alpha value is -0.0805. The van der Waals surface area contributed by atoms with Gasteiger partial charge in [0.15, 0.2) is 0 Å². The third-order valence-electron chi connectivity index (χ3n) is 1.49. The van der Waals surface area contributed by atoms with Crippen molar-refractivity contribution in [3.05, 3.63) is 38.2 Å². The molecular weight excluding hydrogens is 240 g/mol. The minimum atomic E-state index is 0. The van der Waals surface area contributed by atoms with E-state index in [1.807, 2.05) is 12.2 Å². The summed E-state index contributed by atoms with van der Waals surface area (Å²) in [4.78, 5) is 0. The summed E-state index contributed by atoms with van der Waals surface area (Å²) in [5.41, 5.74) is 10.2. The van der Waals surface area contributed by atoms with Crippen LogP contribution in [-0.4, -0.2) is 13.1 Å². The monoisotopic (exact) mass is 265 g/mol. The van der Waals surface area contributed by atoms with Gasteiger partial charge in [-0.15, -0.1) is 6.42 Å². The van der Waals surface area contributed by atoms with Gasteiger partial charge in [-0.3, -0.25) is 6.08 Å². The van der Waals surface area contributed by atoms with Crippen LogP contribution in [0.5, 0.6) is 0 Å². The Bertz CT molecular complexity index is 125. The third-order valence-corrected chi connectivity index (χ3v) is 1.49. The van der Waals surface area contributed by atoms with Crippen molar-refractivity contribution in [2.75, 3.05) is 13.1 Å². The van der Waals surface area contributed by atoms with E-state index in [0.717, 1.165) is 45.2 Å². The van der Waals surface area contributed by atoms with E-state index in [2.05, 4.69) is 26.0 Å². The average Bonchev–Trinajstić information content (AvgIpc) is 2.79. The Morgan fingerprint density at radius 1 is 1.06 bits per heavy atom. The molecule has 0 amide bonds. The van der Waals surface area contributed by atoms with E-state index in [4.69, 9.17) is 11.5 Å². The summed E-state index contributed by atoms with van der Waals surface area (Å²) < 4.78 is 0. The summed E-state index contributed by atoms with van der Waals surface area (Å²) in [5, 5.41) is 0. The molecule has 0 heterocycles. The van der Waals surface area contributed by atoms with E-state index in [9.17, 15) is 0 Å². The quantitative estimate of drug-likeness (QED) is 0.606. The molecule has 0 fully saturated rings. The first kappa shape index (κ1) is 21.2. The molecule has 0 unspecified atom stereocenters. The fourth-order valence-corrected chi connectivity index (χ4v) is 0.629. The second-order valence-corrected chi connectivity index (χ2v) is 2.99. The van der Waals surface area contributed by atoms with Gasteiger partial charge in [-0.05, 0) is 13.1 Å². The maximum absolute atomic E-state index is 5.10. The van der Waals surface area contributed by atoms with E-state index in [1.54, 1.807) is 0 Å². The number of unbranched alkanes of at least 4 members (excludes halogenated alkanes) is 2. The van der Waals surface area contributed by atoms with Crippen LogP contribution in [0.4, 0.5) is 0 Å². The molecule has 2 nitrogen and oxygen atoms in total. The molecule has 0 aromatic heterocycles. The Kier molecular flexibility index (Phi) is 32.2. The summed E-state index contributed by atoms with van der Waals surface area (Å²) in [5.74, 6) is 0. The van der Waals surface area contributed by atoms with Crippen molar-refractivity contribution in [2.45, 2.75) is 32.1 Å². The average molecular weight is 265 g/mol. The topological polar surface area (TPSA) is 52.0 Å². The number of rotatable bonds is 4. The van der Waals surface area contributed by atoms with E-state index in [0.29, 0.717) is 0 Å². The predicted molar refractivity (Wildman–Crippen MR) is 68.9 cm³/mol. The van der Waals surface area contributed by atoms with Crippen molar-refractivity contribution in [1.29, 1.82) is 0 Å².